The first-order chi connectivity index (χ1) is 19.4. The summed E-state index contributed by atoms with van der Waals surface area (Å²) in [6.45, 7) is 0. The molecule has 0 spiro atoms. The molecule has 0 saturated heterocycles. The summed E-state index contributed by atoms with van der Waals surface area (Å²) < 4.78 is 118. The number of hydrogen-bond acceptors (Lipinski definition) is 12. The molecular weight excluding hydrogens is 688 g/mol. The summed E-state index contributed by atoms with van der Waals surface area (Å²) in [5.74, 6) is 3.23. The van der Waals surface area contributed by atoms with E-state index in [9.17, 15) is 26.3 Å². The van der Waals surface area contributed by atoms with Gasteiger partial charge in [-0.05, 0) is 48.5 Å². The maximum atomic E-state index is 10.7. The summed E-state index contributed by atoms with van der Waals surface area (Å²) in [4.78, 5) is 16.5. The zero-order valence-corrected chi connectivity index (χ0v) is 25.9. The molecule has 12 nitrogen and oxygen atoms in total. The normalized spacial score (nSPS) is 11.0. The molecule has 228 valence electrons. The van der Waals surface area contributed by atoms with E-state index in [1.807, 2.05) is 72.8 Å². The van der Waals surface area contributed by atoms with E-state index in [0.29, 0.717) is 0 Å². The van der Waals surface area contributed by atoms with Gasteiger partial charge in [0.05, 0.1) is 0 Å². The molecule has 0 saturated carbocycles. The van der Waals surface area contributed by atoms with Gasteiger partial charge in [-0.2, -0.15) is 26.3 Å². The van der Waals surface area contributed by atoms with Gasteiger partial charge in [-0.3, -0.25) is 0 Å². The van der Waals surface area contributed by atoms with Crippen LogP contribution in [0, 0.1) is 0 Å². The molecule has 4 rings (SSSR count). The molecule has 4 heterocycles. The van der Waals surface area contributed by atoms with E-state index in [4.69, 9.17) is 25.9 Å². The monoisotopic (exact) mass is 704 g/mol. The number of pyridine rings is 4. The minimum Gasteiger partial charge on any atom is -0.741 e. The first-order valence-corrected chi connectivity index (χ1v) is 13.4. The third-order valence-electron chi connectivity index (χ3n) is 3.74. The third kappa shape index (κ3) is 17.1. The van der Waals surface area contributed by atoms with Crippen molar-refractivity contribution in [1.29, 1.82) is 0 Å². The molecule has 0 amide bonds. The minimum absolute atomic E-state index is 0. The van der Waals surface area contributed by atoms with Crippen molar-refractivity contribution in [1.82, 2.24) is 19.9 Å². The Balaban J connectivity index is 0.000000560. The Morgan fingerprint density at radius 2 is 0.674 bits per heavy atom. The van der Waals surface area contributed by atoms with Crippen molar-refractivity contribution in [3.05, 3.63) is 97.6 Å². The second kappa shape index (κ2) is 18.0. The van der Waals surface area contributed by atoms with Gasteiger partial charge in [-0.15, -0.1) is 0 Å². The second-order valence-corrected chi connectivity index (χ2v) is 9.65. The molecule has 0 aliphatic carbocycles. The Bertz CT molecular complexity index is 1350. The number of halogens is 6. The largest absolute Gasteiger partial charge is 2.00 e. The molecule has 0 fully saturated rings. The molecule has 2 N–H and O–H groups in total. The molecule has 4 aromatic heterocycles. The summed E-state index contributed by atoms with van der Waals surface area (Å²) in [5, 5.41) is 6.16. The van der Waals surface area contributed by atoms with Crippen LogP contribution in [-0.2, 0) is 39.7 Å². The predicted octanol–water partition coefficient (Wildman–Crippen LogP) is 4.54. The summed E-state index contributed by atoms with van der Waals surface area (Å²) >= 11 is 0. The fourth-order valence-corrected chi connectivity index (χ4v) is 2.01. The van der Waals surface area contributed by atoms with Gasteiger partial charge in [0.15, 0.2) is 20.2 Å². The molecule has 0 bridgehead atoms. The Morgan fingerprint density at radius 3 is 0.791 bits per heavy atom. The van der Waals surface area contributed by atoms with E-state index in [0.717, 1.165) is 23.3 Å². The molecule has 0 aliphatic heterocycles. The fourth-order valence-electron chi connectivity index (χ4n) is 2.01. The van der Waals surface area contributed by atoms with Crippen molar-refractivity contribution in [2.75, 3.05) is 10.6 Å². The molecule has 21 heteroatoms. The number of hydrogen-bond donors (Lipinski definition) is 2. The van der Waals surface area contributed by atoms with Gasteiger partial charge in [0, 0.05) is 24.8 Å². The van der Waals surface area contributed by atoms with Crippen LogP contribution in [0.2, 0.25) is 0 Å². The van der Waals surface area contributed by atoms with Crippen molar-refractivity contribution in [3.8, 4) is 0 Å². The average Bonchev–Trinajstić information content (AvgIpc) is 2.90. The van der Waals surface area contributed by atoms with Gasteiger partial charge in [0.25, 0.3) is 0 Å². The maximum absolute atomic E-state index is 10.7. The van der Waals surface area contributed by atoms with Crippen LogP contribution in [0.3, 0.4) is 0 Å². The number of alkyl halides is 6. The van der Waals surface area contributed by atoms with E-state index in [1.54, 1.807) is 24.8 Å². The second-order valence-electron chi connectivity index (χ2n) is 6.91. The smallest absolute Gasteiger partial charge is 0.741 e. The summed E-state index contributed by atoms with van der Waals surface area (Å²) in [7, 11) is -12.2. The number of anilines is 4. The quantitative estimate of drug-likeness (QED) is 0.131. The van der Waals surface area contributed by atoms with Crippen molar-refractivity contribution in [2.24, 2.45) is 0 Å². The minimum atomic E-state index is -6.09. The fraction of sp³-hybridized carbons (Fsp3) is 0.0909. The van der Waals surface area contributed by atoms with Crippen LogP contribution in [0.1, 0.15) is 0 Å². The predicted molar refractivity (Wildman–Crippen MR) is 135 cm³/mol. The third-order valence-corrected chi connectivity index (χ3v) is 4.87. The van der Waals surface area contributed by atoms with Gasteiger partial charge in [-0.25, -0.2) is 36.8 Å². The van der Waals surface area contributed by atoms with Crippen LogP contribution in [-0.4, -0.2) is 56.9 Å². The zero-order valence-electron chi connectivity index (χ0n) is 21.3. The molecule has 0 unspecified atom stereocenters. The standard InChI is InChI=1S/2C10H9N3.2CHF3O3S.Zn/c2*1-3-7-11-9(5-1)13-10-6-2-4-8-12-10;2*2-1(3,4)8(5,6)7;/h2*1-8H,(H,11,12,13);2*(H,5,6,7);/q;;;;+2/p-2. The average molecular weight is 706 g/mol. The molecule has 0 radical (unpaired) electrons. The zero-order chi connectivity index (χ0) is 31.9. The summed E-state index contributed by atoms with van der Waals surface area (Å²) in [6, 6.07) is 22.8. The van der Waals surface area contributed by atoms with Gasteiger partial charge in [-0.1, -0.05) is 24.3 Å². The number of nitrogens with one attached hydrogen (secondary N) is 2. The number of nitrogens with zero attached hydrogens (tertiary/aromatic N) is 4. The van der Waals surface area contributed by atoms with E-state index in [-0.39, 0.29) is 19.5 Å². The van der Waals surface area contributed by atoms with Gasteiger partial charge in [0.1, 0.15) is 23.3 Å². The van der Waals surface area contributed by atoms with Crippen LogP contribution in [0.25, 0.3) is 0 Å². The van der Waals surface area contributed by atoms with E-state index < -0.39 is 31.3 Å². The Kier molecular flexibility index (Phi) is 16.4. The van der Waals surface area contributed by atoms with Crippen LogP contribution in [0.15, 0.2) is 97.6 Å². The topological polar surface area (TPSA) is 190 Å². The molecule has 0 atom stereocenters. The Morgan fingerprint density at radius 1 is 0.488 bits per heavy atom. The van der Waals surface area contributed by atoms with Crippen molar-refractivity contribution < 1.29 is 71.8 Å². The van der Waals surface area contributed by atoms with Crippen molar-refractivity contribution in [2.45, 2.75) is 11.0 Å². The summed E-state index contributed by atoms with van der Waals surface area (Å²) in [6.07, 6.45) is 6.97. The molecule has 43 heavy (non-hydrogen) atoms. The Hall–Kier alpha value is -3.78. The van der Waals surface area contributed by atoms with Crippen LogP contribution < -0.4 is 10.6 Å². The van der Waals surface area contributed by atoms with E-state index in [2.05, 4.69) is 30.6 Å². The summed E-state index contributed by atoms with van der Waals surface area (Å²) in [5.41, 5.74) is -11.3. The van der Waals surface area contributed by atoms with Crippen LogP contribution in [0.5, 0.6) is 0 Å². The van der Waals surface area contributed by atoms with Gasteiger partial charge < -0.3 is 19.7 Å². The van der Waals surface area contributed by atoms with Crippen molar-refractivity contribution in [3.63, 3.8) is 0 Å². The molecule has 4 aromatic rings. The van der Waals surface area contributed by atoms with Gasteiger partial charge >= 0.3 is 30.5 Å². The van der Waals surface area contributed by atoms with Crippen LogP contribution in [0.4, 0.5) is 49.6 Å². The van der Waals surface area contributed by atoms with Crippen LogP contribution >= 0.6 is 0 Å². The Labute approximate surface area is 253 Å². The molecule has 0 aromatic carbocycles. The molecular formula is C22H18F6N6O6S2Zn. The van der Waals surface area contributed by atoms with E-state index in [1.165, 1.54) is 0 Å². The number of aromatic nitrogens is 4. The van der Waals surface area contributed by atoms with Gasteiger partial charge in [0.2, 0.25) is 0 Å². The van der Waals surface area contributed by atoms with E-state index >= 15 is 0 Å². The van der Waals surface area contributed by atoms with Crippen molar-refractivity contribution >= 4 is 43.5 Å². The maximum Gasteiger partial charge on any atom is 2.00 e. The first-order valence-electron chi connectivity index (χ1n) is 10.6. The number of rotatable bonds is 4. The SMILES string of the molecule is O=S(=O)([O-])C(F)(F)F.O=S(=O)([O-])C(F)(F)F.[Zn+2].c1ccc(Nc2ccccn2)nc1.c1ccc(Nc2ccccn2)nc1. The molecule has 0 aliphatic rings. The first kappa shape index (κ1) is 39.2.